The average molecular weight is 391 g/mol. The van der Waals surface area contributed by atoms with Crippen LogP contribution < -0.4 is 14.2 Å². The van der Waals surface area contributed by atoms with Gasteiger partial charge in [0.2, 0.25) is 0 Å². The van der Waals surface area contributed by atoms with Gasteiger partial charge in [-0.1, -0.05) is 6.92 Å². The van der Waals surface area contributed by atoms with E-state index in [4.69, 9.17) is 18.9 Å². The van der Waals surface area contributed by atoms with E-state index in [2.05, 4.69) is 6.92 Å². The van der Waals surface area contributed by atoms with Gasteiger partial charge in [0.1, 0.15) is 5.75 Å². The Kier molecular flexibility index (Phi) is 8.17. The van der Waals surface area contributed by atoms with Gasteiger partial charge in [0, 0.05) is 30.3 Å². The second-order valence-electron chi connectivity index (χ2n) is 6.54. The maximum Gasteiger partial charge on any atom is 0.331 e. The van der Waals surface area contributed by atoms with Crippen LogP contribution >= 0.6 is 0 Å². The first-order valence-electron chi connectivity index (χ1n) is 9.48. The Morgan fingerprint density at radius 2 is 1.75 bits per heavy atom. The van der Waals surface area contributed by atoms with Crippen LogP contribution in [-0.2, 0) is 14.3 Å². The molecule has 0 radical (unpaired) electrons. The molecule has 1 fully saturated rings. The zero-order chi connectivity index (χ0) is 20.5. The molecule has 0 aliphatic carbocycles. The molecule has 0 unspecified atom stereocenters. The summed E-state index contributed by atoms with van der Waals surface area (Å²) in [6.45, 7) is 2.55. The number of rotatable bonds is 8. The maximum absolute atomic E-state index is 12.4. The molecule has 1 heterocycles. The first-order valence-corrected chi connectivity index (χ1v) is 9.48. The highest BCUT2D eigenvalue weighted by Gasteiger charge is 2.25. The van der Waals surface area contributed by atoms with Crippen molar-refractivity contribution in [1.29, 1.82) is 0 Å². The van der Waals surface area contributed by atoms with Gasteiger partial charge in [-0.2, -0.15) is 0 Å². The van der Waals surface area contributed by atoms with E-state index in [1.54, 1.807) is 18.2 Å². The van der Waals surface area contributed by atoms with Gasteiger partial charge in [-0.05, 0) is 37.8 Å². The SMILES string of the molecule is CC[C@@H]1CCCCN1C(=O)COC(=O)/C=C/c1cc(OC)c(OC)cc1OC. The zero-order valence-corrected chi connectivity index (χ0v) is 17.0. The molecule has 0 bridgehead atoms. The topological polar surface area (TPSA) is 74.3 Å². The fourth-order valence-corrected chi connectivity index (χ4v) is 3.36. The van der Waals surface area contributed by atoms with Crippen LogP contribution in [0.5, 0.6) is 17.2 Å². The van der Waals surface area contributed by atoms with Gasteiger partial charge in [-0.15, -0.1) is 0 Å². The summed E-state index contributed by atoms with van der Waals surface area (Å²) in [5.74, 6) is 0.836. The summed E-state index contributed by atoms with van der Waals surface area (Å²) in [5, 5.41) is 0. The summed E-state index contributed by atoms with van der Waals surface area (Å²) < 4.78 is 21.0. The molecule has 1 aromatic carbocycles. The van der Waals surface area contributed by atoms with Crippen LogP contribution in [0.15, 0.2) is 18.2 Å². The molecule has 1 aliphatic rings. The first kappa shape index (κ1) is 21.6. The Hall–Kier alpha value is -2.70. The van der Waals surface area contributed by atoms with Crippen molar-refractivity contribution in [3.8, 4) is 17.2 Å². The Balaban J connectivity index is 1.99. The molecular weight excluding hydrogens is 362 g/mol. The van der Waals surface area contributed by atoms with Crippen molar-refractivity contribution in [2.24, 2.45) is 0 Å². The van der Waals surface area contributed by atoms with E-state index in [9.17, 15) is 9.59 Å². The highest BCUT2D eigenvalue weighted by atomic mass is 16.5. The van der Waals surface area contributed by atoms with Crippen molar-refractivity contribution in [1.82, 2.24) is 4.90 Å². The van der Waals surface area contributed by atoms with Crippen molar-refractivity contribution in [2.45, 2.75) is 38.6 Å². The monoisotopic (exact) mass is 391 g/mol. The Morgan fingerprint density at radius 1 is 1.07 bits per heavy atom. The van der Waals surface area contributed by atoms with Crippen LogP contribution in [0, 0.1) is 0 Å². The molecule has 0 N–H and O–H groups in total. The van der Waals surface area contributed by atoms with Crippen LogP contribution in [0.25, 0.3) is 6.08 Å². The molecule has 1 saturated heterocycles. The first-order chi connectivity index (χ1) is 13.5. The number of amides is 1. The third kappa shape index (κ3) is 5.41. The normalized spacial score (nSPS) is 16.7. The van der Waals surface area contributed by atoms with Gasteiger partial charge in [0.15, 0.2) is 18.1 Å². The summed E-state index contributed by atoms with van der Waals surface area (Å²) in [6.07, 6.45) is 6.88. The number of hydrogen-bond acceptors (Lipinski definition) is 6. The maximum atomic E-state index is 12.4. The van der Waals surface area contributed by atoms with E-state index in [1.165, 1.54) is 27.4 Å². The molecule has 1 aromatic rings. The lowest BCUT2D eigenvalue weighted by atomic mass is 10.00. The minimum absolute atomic E-state index is 0.142. The van der Waals surface area contributed by atoms with Gasteiger partial charge in [0.25, 0.3) is 5.91 Å². The smallest absolute Gasteiger partial charge is 0.331 e. The number of ether oxygens (including phenoxy) is 4. The number of nitrogens with zero attached hydrogens (tertiary/aromatic N) is 1. The van der Waals surface area contributed by atoms with Crippen molar-refractivity contribution in [3.05, 3.63) is 23.8 Å². The van der Waals surface area contributed by atoms with Crippen molar-refractivity contribution in [3.63, 3.8) is 0 Å². The zero-order valence-electron chi connectivity index (χ0n) is 17.0. The predicted octanol–water partition coefficient (Wildman–Crippen LogP) is 3.06. The van der Waals surface area contributed by atoms with Crippen LogP contribution in [-0.4, -0.2) is 57.3 Å². The third-order valence-corrected chi connectivity index (χ3v) is 4.89. The summed E-state index contributed by atoms with van der Waals surface area (Å²) >= 11 is 0. The Labute approximate surface area is 166 Å². The van der Waals surface area contributed by atoms with Gasteiger partial charge in [-0.25, -0.2) is 4.79 Å². The molecule has 0 spiro atoms. The summed E-state index contributed by atoms with van der Waals surface area (Å²) in [6, 6.07) is 3.62. The minimum atomic E-state index is -0.588. The lowest BCUT2D eigenvalue weighted by molar-refractivity contribution is -0.150. The van der Waals surface area contributed by atoms with Crippen LogP contribution in [0.4, 0.5) is 0 Å². The number of methoxy groups -OCH3 is 3. The van der Waals surface area contributed by atoms with E-state index in [0.29, 0.717) is 22.8 Å². The second-order valence-corrected chi connectivity index (χ2v) is 6.54. The minimum Gasteiger partial charge on any atom is -0.496 e. The molecule has 0 saturated carbocycles. The highest BCUT2D eigenvalue weighted by molar-refractivity contribution is 5.90. The van der Waals surface area contributed by atoms with Crippen LogP contribution in [0.3, 0.4) is 0 Å². The quantitative estimate of drug-likeness (QED) is 0.501. The highest BCUT2D eigenvalue weighted by Crippen LogP contribution is 2.35. The molecule has 0 aromatic heterocycles. The standard InChI is InChI=1S/C21H29NO6/c1-5-16-8-6-7-11-22(16)20(23)14-28-21(24)10-9-15-12-18(26-3)19(27-4)13-17(15)25-2/h9-10,12-13,16H,5-8,11,14H2,1-4H3/b10-9+/t16-/m1/s1. The summed E-state index contributed by atoms with van der Waals surface area (Å²) in [7, 11) is 4.59. The van der Waals surface area contributed by atoms with Crippen LogP contribution in [0.2, 0.25) is 0 Å². The molecule has 1 aliphatic heterocycles. The van der Waals surface area contributed by atoms with Gasteiger partial charge >= 0.3 is 5.97 Å². The molecule has 2 rings (SSSR count). The van der Waals surface area contributed by atoms with Gasteiger partial charge in [-0.3, -0.25) is 4.79 Å². The van der Waals surface area contributed by atoms with Gasteiger partial charge in [0.05, 0.1) is 21.3 Å². The molecule has 7 heteroatoms. The second kappa shape index (κ2) is 10.6. The lowest BCUT2D eigenvalue weighted by Crippen LogP contribution is -2.45. The molecular formula is C21H29NO6. The van der Waals surface area contributed by atoms with E-state index in [-0.39, 0.29) is 18.6 Å². The number of carbonyl (C=O) groups excluding carboxylic acids is 2. The fraction of sp³-hybridized carbons (Fsp3) is 0.524. The number of likely N-dealkylation sites (tertiary alicyclic amines) is 1. The van der Waals surface area contributed by atoms with Crippen molar-refractivity contribution >= 4 is 18.0 Å². The van der Waals surface area contributed by atoms with Crippen LogP contribution in [0.1, 0.15) is 38.2 Å². The summed E-state index contributed by atoms with van der Waals surface area (Å²) in [5.41, 5.74) is 0.630. The Morgan fingerprint density at radius 3 is 2.39 bits per heavy atom. The fourth-order valence-electron chi connectivity index (χ4n) is 3.36. The third-order valence-electron chi connectivity index (χ3n) is 4.89. The predicted molar refractivity (Wildman–Crippen MR) is 106 cm³/mol. The largest absolute Gasteiger partial charge is 0.496 e. The van der Waals surface area contributed by atoms with Gasteiger partial charge < -0.3 is 23.8 Å². The average Bonchev–Trinajstić information content (AvgIpc) is 2.74. The molecule has 154 valence electrons. The molecule has 7 nitrogen and oxygen atoms in total. The number of hydrogen-bond donors (Lipinski definition) is 0. The van der Waals surface area contributed by atoms with E-state index in [1.807, 2.05) is 4.90 Å². The number of benzene rings is 1. The van der Waals surface area contributed by atoms with E-state index in [0.717, 1.165) is 32.2 Å². The molecule has 28 heavy (non-hydrogen) atoms. The lowest BCUT2D eigenvalue weighted by Gasteiger charge is -2.35. The Bertz CT molecular complexity index is 715. The summed E-state index contributed by atoms with van der Waals surface area (Å²) in [4.78, 5) is 26.3. The van der Waals surface area contributed by atoms with E-state index >= 15 is 0 Å². The van der Waals surface area contributed by atoms with Crippen molar-refractivity contribution in [2.75, 3.05) is 34.5 Å². The van der Waals surface area contributed by atoms with Crippen molar-refractivity contribution < 1.29 is 28.5 Å². The van der Waals surface area contributed by atoms with E-state index < -0.39 is 5.97 Å². The number of carbonyl (C=O) groups is 2. The molecule has 1 atom stereocenters. The number of piperidine rings is 1. The molecule has 1 amide bonds. The number of esters is 1.